The van der Waals surface area contributed by atoms with Gasteiger partial charge >= 0.3 is 0 Å². The number of hydrogen-bond donors (Lipinski definition) is 2. The number of aryl methyl sites for hydroxylation is 1. The van der Waals surface area contributed by atoms with E-state index < -0.39 is 6.10 Å². The third kappa shape index (κ3) is 4.97. The molecule has 0 aliphatic carbocycles. The van der Waals surface area contributed by atoms with Crippen LogP contribution in [-0.4, -0.2) is 23.7 Å². The highest BCUT2D eigenvalue weighted by Crippen LogP contribution is 2.25. The van der Waals surface area contributed by atoms with Gasteiger partial charge in [0.25, 0.3) is 0 Å². The number of carbonyl (C=O) groups excluding carboxylic acids is 1. The number of benzene rings is 1. The van der Waals surface area contributed by atoms with Crippen LogP contribution < -0.4 is 5.32 Å². The molecule has 3 heteroatoms. The molecule has 0 bridgehead atoms. The van der Waals surface area contributed by atoms with Gasteiger partial charge in [-0.2, -0.15) is 0 Å². The topological polar surface area (TPSA) is 49.3 Å². The normalized spacial score (nSPS) is 13.3. The van der Waals surface area contributed by atoms with Crippen LogP contribution in [0, 0.1) is 18.3 Å². The molecule has 1 aromatic carbocycles. The van der Waals surface area contributed by atoms with E-state index in [4.69, 9.17) is 0 Å². The summed E-state index contributed by atoms with van der Waals surface area (Å²) >= 11 is 0. The first-order valence-electron chi connectivity index (χ1n) is 7.22. The van der Waals surface area contributed by atoms with Crippen LogP contribution in [0.2, 0.25) is 0 Å². The number of nitrogens with one attached hydrogen (secondary N) is 1. The lowest BCUT2D eigenvalue weighted by molar-refractivity contribution is -0.121. The Morgan fingerprint density at radius 3 is 2.30 bits per heavy atom. The van der Waals surface area contributed by atoms with Crippen molar-refractivity contribution in [2.24, 2.45) is 11.3 Å². The molecule has 1 aromatic rings. The second-order valence-electron chi connectivity index (χ2n) is 6.62. The van der Waals surface area contributed by atoms with Crippen molar-refractivity contribution in [2.75, 3.05) is 6.54 Å². The van der Waals surface area contributed by atoms with E-state index in [0.717, 1.165) is 5.56 Å². The van der Waals surface area contributed by atoms with Gasteiger partial charge in [-0.25, -0.2) is 0 Å². The minimum absolute atomic E-state index is 0.00196. The first-order valence-corrected chi connectivity index (χ1v) is 7.22. The zero-order valence-corrected chi connectivity index (χ0v) is 13.2. The molecular weight excluding hydrogens is 250 g/mol. The summed E-state index contributed by atoms with van der Waals surface area (Å²) in [5.74, 6) is 0.178. The fourth-order valence-corrected chi connectivity index (χ4v) is 2.29. The minimum atomic E-state index is -0.429. The zero-order valence-electron chi connectivity index (χ0n) is 13.2. The second kappa shape index (κ2) is 6.89. The van der Waals surface area contributed by atoms with Crippen molar-refractivity contribution >= 4 is 5.91 Å². The molecule has 0 aromatic heterocycles. The predicted molar refractivity (Wildman–Crippen MR) is 82.5 cm³/mol. The summed E-state index contributed by atoms with van der Waals surface area (Å²) in [4.78, 5) is 11.9. The fourth-order valence-electron chi connectivity index (χ4n) is 2.29. The molecule has 1 amide bonds. The first kappa shape index (κ1) is 16.7. The molecular formula is C17H27NO2. The van der Waals surface area contributed by atoms with Gasteiger partial charge in [0.1, 0.15) is 0 Å². The third-order valence-corrected chi connectivity index (χ3v) is 3.66. The van der Waals surface area contributed by atoms with Crippen molar-refractivity contribution in [1.29, 1.82) is 0 Å². The molecule has 0 heterocycles. The Hall–Kier alpha value is -1.35. The van der Waals surface area contributed by atoms with E-state index in [1.54, 1.807) is 0 Å². The van der Waals surface area contributed by atoms with Crippen LogP contribution in [0.4, 0.5) is 0 Å². The van der Waals surface area contributed by atoms with Crippen LogP contribution in [0.1, 0.15) is 38.8 Å². The van der Waals surface area contributed by atoms with Gasteiger partial charge in [0.05, 0.1) is 12.5 Å². The maximum Gasteiger partial charge on any atom is 0.224 e. The van der Waals surface area contributed by atoms with Crippen LogP contribution in [-0.2, 0) is 11.2 Å². The Morgan fingerprint density at radius 2 is 1.80 bits per heavy atom. The van der Waals surface area contributed by atoms with Crippen molar-refractivity contribution < 1.29 is 9.90 Å². The quantitative estimate of drug-likeness (QED) is 0.840. The Kier molecular flexibility index (Phi) is 5.75. The number of hydrogen-bond acceptors (Lipinski definition) is 2. The Balaban J connectivity index is 2.49. The molecule has 0 spiro atoms. The van der Waals surface area contributed by atoms with Gasteiger partial charge < -0.3 is 10.4 Å². The Morgan fingerprint density at radius 1 is 1.25 bits per heavy atom. The smallest absolute Gasteiger partial charge is 0.224 e. The van der Waals surface area contributed by atoms with E-state index in [1.807, 2.05) is 58.9 Å². The molecule has 2 N–H and O–H groups in total. The molecule has 0 aliphatic rings. The van der Waals surface area contributed by atoms with Crippen LogP contribution in [0.25, 0.3) is 0 Å². The Bertz CT molecular complexity index is 435. The van der Waals surface area contributed by atoms with Crippen molar-refractivity contribution in [2.45, 2.75) is 47.1 Å². The lowest BCUT2D eigenvalue weighted by Gasteiger charge is -2.33. The van der Waals surface area contributed by atoms with Gasteiger partial charge in [-0.3, -0.25) is 4.79 Å². The number of carbonyl (C=O) groups is 1. The van der Waals surface area contributed by atoms with Crippen molar-refractivity contribution in [1.82, 2.24) is 5.32 Å². The zero-order chi connectivity index (χ0) is 15.3. The molecule has 112 valence electrons. The van der Waals surface area contributed by atoms with Crippen LogP contribution in [0.5, 0.6) is 0 Å². The molecule has 20 heavy (non-hydrogen) atoms. The van der Waals surface area contributed by atoms with Gasteiger partial charge in [0, 0.05) is 12.0 Å². The van der Waals surface area contributed by atoms with E-state index in [1.165, 1.54) is 5.56 Å². The van der Waals surface area contributed by atoms with E-state index in [2.05, 4.69) is 5.32 Å². The van der Waals surface area contributed by atoms with Gasteiger partial charge in [-0.15, -0.1) is 0 Å². The lowest BCUT2D eigenvalue weighted by Crippen LogP contribution is -2.43. The molecule has 0 aliphatic heterocycles. The summed E-state index contributed by atoms with van der Waals surface area (Å²) < 4.78 is 0. The molecule has 1 rings (SSSR count). The largest absolute Gasteiger partial charge is 0.392 e. The number of rotatable bonds is 6. The monoisotopic (exact) mass is 277 g/mol. The van der Waals surface area contributed by atoms with Crippen molar-refractivity contribution in [3.8, 4) is 0 Å². The highest BCUT2D eigenvalue weighted by atomic mass is 16.3. The van der Waals surface area contributed by atoms with Crippen molar-refractivity contribution in [3.05, 3.63) is 35.4 Å². The lowest BCUT2D eigenvalue weighted by atomic mass is 9.80. The standard InChI is InChI=1S/C17H27NO2/c1-12(2)16(20)17(4,5)11-18-15(19)10-14-8-6-13(3)7-9-14/h6-9,12,16,20H,10-11H2,1-5H3,(H,18,19). The molecule has 0 saturated carbocycles. The molecule has 0 fully saturated rings. The summed E-state index contributed by atoms with van der Waals surface area (Å²) in [5.41, 5.74) is 1.88. The van der Waals surface area contributed by atoms with Crippen molar-refractivity contribution in [3.63, 3.8) is 0 Å². The molecule has 1 atom stereocenters. The average molecular weight is 277 g/mol. The van der Waals surface area contributed by atoms with E-state index in [-0.39, 0.29) is 17.2 Å². The van der Waals surface area contributed by atoms with E-state index >= 15 is 0 Å². The average Bonchev–Trinajstić information content (AvgIpc) is 2.38. The number of aliphatic hydroxyl groups excluding tert-OH is 1. The van der Waals surface area contributed by atoms with E-state index in [0.29, 0.717) is 13.0 Å². The highest BCUT2D eigenvalue weighted by molar-refractivity contribution is 5.78. The fraction of sp³-hybridized carbons (Fsp3) is 0.588. The van der Waals surface area contributed by atoms with Crippen LogP contribution in [0.3, 0.4) is 0 Å². The van der Waals surface area contributed by atoms with Gasteiger partial charge in [-0.1, -0.05) is 57.5 Å². The molecule has 3 nitrogen and oxygen atoms in total. The summed E-state index contributed by atoms with van der Waals surface area (Å²) in [7, 11) is 0. The van der Waals surface area contributed by atoms with Crippen LogP contribution >= 0.6 is 0 Å². The summed E-state index contributed by atoms with van der Waals surface area (Å²) in [6.45, 7) is 10.4. The number of aliphatic hydroxyl groups is 1. The summed E-state index contributed by atoms with van der Waals surface area (Å²) in [6, 6.07) is 7.97. The van der Waals surface area contributed by atoms with Gasteiger partial charge in [-0.05, 0) is 18.4 Å². The minimum Gasteiger partial charge on any atom is -0.392 e. The molecule has 1 unspecified atom stereocenters. The number of amides is 1. The highest BCUT2D eigenvalue weighted by Gasteiger charge is 2.30. The van der Waals surface area contributed by atoms with E-state index in [9.17, 15) is 9.90 Å². The molecule has 0 saturated heterocycles. The van der Waals surface area contributed by atoms with Gasteiger partial charge in [0.15, 0.2) is 0 Å². The predicted octanol–water partition coefficient (Wildman–Crippen LogP) is 2.70. The maximum atomic E-state index is 11.9. The SMILES string of the molecule is Cc1ccc(CC(=O)NCC(C)(C)C(O)C(C)C)cc1. The van der Waals surface area contributed by atoms with Crippen LogP contribution in [0.15, 0.2) is 24.3 Å². The van der Waals surface area contributed by atoms with Gasteiger partial charge in [0.2, 0.25) is 5.91 Å². The Labute approximate surface area is 122 Å². The summed E-state index contributed by atoms with van der Waals surface area (Å²) in [6.07, 6.45) is -0.0455. The maximum absolute atomic E-state index is 11.9. The summed E-state index contributed by atoms with van der Waals surface area (Å²) in [5, 5.41) is 13.1. The second-order valence-corrected chi connectivity index (χ2v) is 6.62. The third-order valence-electron chi connectivity index (χ3n) is 3.66. The first-order chi connectivity index (χ1) is 9.22. The molecule has 0 radical (unpaired) electrons.